The molecule has 0 aliphatic carbocycles. The SMILES string of the molecule is CCCCOc1ccccc1NC(=O)Cn1cnc([N+](=O)[O-])n1. The topological polar surface area (TPSA) is 112 Å². The molecule has 23 heavy (non-hydrogen) atoms. The van der Waals surface area contributed by atoms with E-state index in [9.17, 15) is 14.9 Å². The Balaban J connectivity index is 1.97. The molecular weight excluding hydrogens is 302 g/mol. The molecule has 0 radical (unpaired) electrons. The molecule has 1 heterocycles. The van der Waals surface area contributed by atoms with Crippen molar-refractivity contribution in [2.75, 3.05) is 11.9 Å². The highest BCUT2D eigenvalue weighted by Gasteiger charge is 2.16. The van der Waals surface area contributed by atoms with Crippen LogP contribution in [0.25, 0.3) is 0 Å². The van der Waals surface area contributed by atoms with Gasteiger partial charge in [-0.3, -0.25) is 4.79 Å². The summed E-state index contributed by atoms with van der Waals surface area (Å²) in [6.45, 7) is 2.46. The first-order chi connectivity index (χ1) is 11.1. The van der Waals surface area contributed by atoms with Gasteiger partial charge in [-0.2, -0.15) is 4.68 Å². The highest BCUT2D eigenvalue weighted by molar-refractivity contribution is 5.92. The predicted octanol–water partition coefficient (Wildman–Crippen LogP) is 2.00. The van der Waals surface area contributed by atoms with Gasteiger partial charge in [-0.15, -0.1) is 0 Å². The standard InChI is InChI=1S/C14H17N5O4/c1-2-3-8-23-12-7-5-4-6-11(12)16-13(20)9-18-10-15-14(17-18)19(21)22/h4-7,10H,2-3,8-9H2,1H3,(H,16,20). The van der Waals surface area contributed by atoms with Crippen LogP contribution < -0.4 is 10.1 Å². The summed E-state index contributed by atoms with van der Waals surface area (Å²) in [5.41, 5.74) is 0.545. The molecule has 9 heteroatoms. The summed E-state index contributed by atoms with van der Waals surface area (Å²) in [6, 6.07) is 7.09. The Bertz CT molecular complexity index is 685. The molecule has 9 nitrogen and oxygen atoms in total. The average molecular weight is 319 g/mol. The van der Waals surface area contributed by atoms with Crippen molar-refractivity contribution in [1.82, 2.24) is 14.8 Å². The van der Waals surface area contributed by atoms with Crippen LogP contribution in [0.3, 0.4) is 0 Å². The molecule has 0 aliphatic rings. The van der Waals surface area contributed by atoms with Crippen molar-refractivity contribution in [1.29, 1.82) is 0 Å². The number of carbonyl (C=O) groups is 1. The van der Waals surface area contributed by atoms with E-state index in [1.165, 1.54) is 0 Å². The number of hydrogen-bond acceptors (Lipinski definition) is 6. The molecule has 0 fully saturated rings. The molecule has 0 atom stereocenters. The van der Waals surface area contributed by atoms with Crippen molar-refractivity contribution in [3.05, 3.63) is 40.7 Å². The van der Waals surface area contributed by atoms with Crippen molar-refractivity contribution in [3.63, 3.8) is 0 Å². The van der Waals surface area contributed by atoms with Gasteiger partial charge in [-0.25, -0.2) is 0 Å². The van der Waals surface area contributed by atoms with Gasteiger partial charge >= 0.3 is 5.95 Å². The Hall–Kier alpha value is -2.97. The Kier molecular flexibility index (Phi) is 5.61. The van der Waals surface area contributed by atoms with Crippen LogP contribution in [0.2, 0.25) is 0 Å². The molecule has 0 spiro atoms. The van der Waals surface area contributed by atoms with E-state index in [2.05, 4.69) is 22.3 Å². The number of carbonyl (C=O) groups excluding carboxylic acids is 1. The van der Waals surface area contributed by atoms with Gasteiger partial charge in [0.25, 0.3) is 0 Å². The molecule has 1 N–H and O–H groups in total. The lowest BCUT2D eigenvalue weighted by atomic mass is 10.3. The van der Waals surface area contributed by atoms with Gasteiger partial charge in [0.05, 0.1) is 12.3 Å². The van der Waals surface area contributed by atoms with E-state index in [0.717, 1.165) is 23.9 Å². The Morgan fingerprint density at radius 1 is 1.43 bits per heavy atom. The van der Waals surface area contributed by atoms with Crippen LogP contribution in [0, 0.1) is 10.1 Å². The van der Waals surface area contributed by atoms with E-state index in [4.69, 9.17) is 4.74 Å². The second-order valence-electron chi connectivity index (χ2n) is 4.75. The van der Waals surface area contributed by atoms with Gasteiger partial charge in [0, 0.05) is 5.10 Å². The van der Waals surface area contributed by atoms with Gasteiger partial charge < -0.3 is 20.2 Å². The minimum Gasteiger partial charge on any atom is -0.491 e. The van der Waals surface area contributed by atoms with Crippen LogP contribution >= 0.6 is 0 Å². The molecule has 0 saturated heterocycles. The van der Waals surface area contributed by atoms with E-state index < -0.39 is 10.9 Å². The van der Waals surface area contributed by atoms with Crippen LogP contribution in [0.15, 0.2) is 30.6 Å². The van der Waals surface area contributed by atoms with Gasteiger partial charge in [-0.1, -0.05) is 30.5 Å². The van der Waals surface area contributed by atoms with E-state index in [0.29, 0.717) is 18.0 Å². The quantitative estimate of drug-likeness (QED) is 0.452. The molecular formula is C14H17N5O4. The number of ether oxygens (including phenoxy) is 1. The minimum atomic E-state index is -0.717. The van der Waals surface area contributed by atoms with Gasteiger partial charge in [0.15, 0.2) is 0 Å². The fraction of sp³-hybridized carbons (Fsp3) is 0.357. The zero-order valence-electron chi connectivity index (χ0n) is 12.6. The van der Waals surface area contributed by atoms with Crippen molar-refractivity contribution in [3.8, 4) is 5.75 Å². The highest BCUT2D eigenvalue weighted by atomic mass is 16.6. The maximum atomic E-state index is 12.0. The predicted molar refractivity (Wildman–Crippen MR) is 82.2 cm³/mol. The molecule has 1 aromatic carbocycles. The molecule has 0 unspecified atom stereocenters. The maximum absolute atomic E-state index is 12.0. The van der Waals surface area contributed by atoms with Gasteiger partial charge in [-0.05, 0) is 23.5 Å². The summed E-state index contributed by atoms with van der Waals surface area (Å²) in [4.78, 5) is 25.3. The molecule has 2 rings (SSSR count). The average Bonchev–Trinajstić information content (AvgIpc) is 2.98. The number of nitro groups is 1. The highest BCUT2D eigenvalue weighted by Crippen LogP contribution is 2.24. The van der Waals surface area contributed by atoms with Crippen LogP contribution in [0.4, 0.5) is 11.6 Å². The van der Waals surface area contributed by atoms with E-state index in [-0.39, 0.29) is 12.5 Å². The molecule has 1 amide bonds. The number of nitrogens with zero attached hydrogens (tertiary/aromatic N) is 4. The number of hydrogen-bond donors (Lipinski definition) is 1. The van der Waals surface area contributed by atoms with E-state index >= 15 is 0 Å². The smallest absolute Gasteiger partial charge is 0.490 e. The van der Waals surface area contributed by atoms with Gasteiger partial charge in [0.2, 0.25) is 12.2 Å². The monoisotopic (exact) mass is 319 g/mol. The number of benzene rings is 1. The summed E-state index contributed by atoms with van der Waals surface area (Å²) < 4.78 is 6.73. The Morgan fingerprint density at radius 2 is 2.22 bits per heavy atom. The molecule has 2 aromatic rings. The zero-order valence-corrected chi connectivity index (χ0v) is 12.6. The molecule has 1 aromatic heterocycles. The lowest BCUT2D eigenvalue weighted by molar-refractivity contribution is -0.394. The van der Waals surface area contributed by atoms with Crippen LogP contribution in [0.1, 0.15) is 19.8 Å². The van der Waals surface area contributed by atoms with Crippen molar-refractivity contribution in [2.45, 2.75) is 26.3 Å². The number of unbranched alkanes of at least 4 members (excludes halogenated alkanes) is 1. The number of anilines is 1. The third-order valence-corrected chi connectivity index (χ3v) is 2.91. The Labute approximate surface area is 132 Å². The number of para-hydroxylation sites is 2. The third kappa shape index (κ3) is 4.77. The second kappa shape index (κ2) is 7.87. The molecule has 0 bridgehead atoms. The molecule has 0 aliphatic heterocycles. The lowest BCUT2D eigenvalue weighted by Crippen LogP contribution is -2.19. The van der Waals surface area contributed by atoms with Crippen LogP contribution in [-0.4, -0.2) is 32.2 Å². The summed E-state index contributed by atoms with van der Waals surface area (Å²) >= 11 is 0. The number of nitrogens with one attached hydrogen (secondary N) is 1. The number of rotatable bonds is 8. The first-order valence-electron chi connectivity index (χ1n) is 7.15. The minimum absolute atomic E-state index is 0.176. The van der Waals surface area contributed by atoms with Crippen molar-refractivity contribution >= 4 is 17.5 Å². The number of amides is 1. The third-order valence-electron chi connectivity index (χ3n) is 2.91. The van der Waals surface area contributed by atoms with Crippen LogP contribution in [0.5, 0.6) is 5.75 Å². The fourth-order valence-electron chi connectivity index (χ4n) is 1.80. The summed E-state index contributed by atoms with van der Waals surface area (Å²) in [6.07, 6.45) is 3.08. The summed E-state index contributed by atoms with van der Waals surface area (Å²) in [5, 5.41) is 16.8. The van der Waals surface area contributed by atoms with Gasteiger partial charge in [0.1, 0.15) is 12.3 Å². The van der Waals surface area contributed by atoms with Crippen molar-refractivity contribution < 1.29 is 14.5 Å². The normalized spacial score (nSPS) is 10.3. The first-order valence-corrected chi connectivity index (χ1v) is 7.15. The Morgan fingerprint density at radius 3 is 2.91 bits per heavy atom. The second-order valence-corrected chi connectivity index (χ2v) is 4.75. The first kappa shape index (κ1) is 16.4. The van der Waals surface area contributed by atoms with E-state index in [1.54, 1.807) is 18.2 Å². The largest absolute Gasteiger partial charge is 0.491 e. The lowest BCUT2D eigenvalue weighted by Gasteiger charge is -2.11. The molecule has 122 valence electrons. The maximum Gasteiger partial charge on any atom is 0.490 e. The number of aromatic nitrogens is 3. The zero-order chi connectivity index (χ0) is 16.7. The van der Waals surface area contributed by atoms with Crippen molar-refractivity contribution in [2.24, 2.45) is 0 Å². The molecule has 0 saturated carbocycles. The van der Waals surface area contributed by atoms with Crippen LogP contribution in [-0.2, 0) is 11.3 Å². The summed E-state index contributed by atoms with van der Waals surface area (Å²) in [5.74, 6) is -0.337. The summed E-state index contributed by atoms with van der Waals surface area (Å²) in [7, 11) is 0. The van der Waals surface area contributed by atoms with E-state index in [1.807, 2.05) is 6.07 Å². The fourth-order valence-corrected chi connectivity index (χ4v) is 1.80.